The second kappa shape index (κ2) is 10.2. The van der Waals surface area contributed by atoms with Gasteiger partial charge in [-0.25, -0.2) is 9.98 Å². The summed E-state index contributed by atoms with van der Waals surface area (Å²) in [5.41, 5.74) is 5.18. The van der Waals surface area contributed by atoms with E-state index in [0.29, 0.717) is 28.6 Å². The minimum atomic E-state index is -4.82. The van der Waals surface area contributed by atoms with Crippen molar-refractivity contribution in [1.82, 2.24) is 25.0 Å². The summed E-state index contributed by atoms with van der Waals surface area (Å²) < 4.78 is 42.6. The maximum Gasteiger partial charge on any atom is 0.434 e. The standard InChI is InChI=1S/C24H22F3N8P/c1-3-19-16-6-4-5-7-17(16)20(13-29-19)34-22(24(25,26)27)18(11-28)14(2)33-15-10-21(36)23(30-12-15)35-31-8-9-32-35/h4-13,33H,2-3,28,36H2,1H3. The zero-order valence-electron chi connectivity index (χ0n) is 19.2. The van der Waals surface area contributed by atoms with E-state index in [1.165, 1.54) is 29.6 Å². The van der Waals surface area contributed by atoms with E-state index < -0.39 is 17.5 Å². The Bertz CT molecular complexity index is 1480. The molecule has 0 saturated carbocycles. The van der Waals surface area contributed by atoms with Gasteiger partial charge in [0.2, 0.25) is 0 Å². The highest BCUT2D eigenvalue weighted by molar-refractivity contribution is 7.27. The van der Waals surface area contributed by atoms with Crippen LogP contribution < -0.4 is 16.4 Å². The molecule has 36 heavy (non-hydrogen) atoms. The van der Waals surface area contributed by atoms with E-state index >= 15 is 0 Å². The van der Waals surface area contributed by atoms with E-state index in [-0.39, 0.29) is 11.4 Å². The molecular formula is C24H22F3N8P. The zero-order valence-corrected chi connectivity index (χ0v) is 20.3. The number of anilines is 1. The van der Waals surface area contributed by atoms with Gasteiger partial charge in [-0.05, 0) is 12.5 Å². The third-order valence-electron chi connectivity index (χ3n) is 5.24. The van der Waals surface area contributed by atoms with Crippen molar-refractivity contribution in [1.29, 1.82) is 0 Å². The first kappa shape index (κ1) is 25.0. The number of nitrogens with two attached hydrogens (primary N) is 1. The predicted molar refractivity (Wildman–Crippen MR) is 138 cm³/mol. The summed E-state index contributed by atoms with van der Waals surface area (Å²) in [5, 5.41) is 12.8. The Morgan fingerprint density at radius 2 is 1.86 bits per heavy atom. The van der Waals surface area contributed by atoms with Crippen LogP contribution >= 0.6 is 9.24 Å². The number of rotatable bonds is 7. The molecule has 184 valence electrons. The molecule has 0 aliphatic heterocycles. The number of aliphatic imine (C=N–C) groups is 1. The number of benzene rings is 1. The Hall–Kier alpha value is -4.11. The number of aromatic nitrogens is 5. The molecule has 12 heteroatoms. The van der Waals surface area contributed by atoms with Crippen molar-refractivity contribution in [2.75, 3.05) is 5.32 Å². The van der Waals surface area contributed by atoms with E-state index in [2.05, 4.69) is 46.3 Å². The molecule has 1 aromatic carbocycles. The van der Waals surface area contributed by atoms with E-state index in [4.69, 9.17) is 5.73 Å². The maximum absolute atomic E-state index is 14.2. The molecule has 8 nitrogen and oxygen atoms in total. The van der Waals surface area contributed by atoms with Crippen molar-refractivity contribution >= 4 is 42.4 Å². The van der Waals surface area contributed by atoms with Gasteiger partial charge in [0.15, 0.2) is 11.5 Å². The summed E-state index contributed by atoms with van der Waals surface area (Å²) in [6.45, 7) is 5.70. The number of nitrogens with zero attached hydrogens (tertiary/aromatic N) is 6. The lowest BCUT2D eigenvalue weighted by Gasteiger charge is -2.18. The second-order valence-corrected chi connectivity index (χ2v) is 8.21. The summed E-state index contributed by atoms with van der Waals surface area (Å²) in [6, 6.07) is 8.72. The fourth-order valence-corrected chi connectivity index (χ4v) is 3.97. The third-order valence-corrected chi connectivity index (χ3v) is 5.66. The van der Waals surface area contributed by atoms with E-state index in [9.17, 15) is 13.2 Å². The number of allylic oxidation sites excluding steroid dienone is 1. The first-order valence-corrected chi connectivity index (χ1v) is 11.3. The fourth-order valence-electron chi connectivity index (χ4n) is 3.60. The van der Waals surface area contributed by atoms with Gasteiger partial charge in [0, 0.05) is 39.2 Å². The third kappa shape index (κ3) is 5.11. The average molecular weight is 510 g/mol. The van der Waals surface area contributed by atoms with Crippen molar-refractivity contribution in [2.45, 2.75) is 19.5 Å². The molecule has 1 atom stereocenters. The summed E-state index contributed by atoms with van der Waals surface area (Å²) >= 11 is 0. The molecule has 0 amide bonds. The highest BCUT2D eigenvalue weighted by Crippen LogP contribution is 2.33. The van der Waals surface area contributed by atoms with Crippen LogP contribution in [0.1, 0.15) is 12.6 Å². The summed E-state index contributed by atoms with van der Waals surface area (Å²) in [5.74, 6) is 0.447. The maximum atomic E-state index is 14.2. The molecule has 0 aliphatic carbocycles. The van der Waals surface area contributed by atoms with Gasteiger partial charge < -0.3 is 11.1 Å². The Kier molecular flexibility index (Phi) is 7.12. The van der Waals surface area contributed by atoms with Crippen molar-refractivity contribution < 1.29 is 13.2 Å². The van der Waals surface area contributed by atoms with Gasteiger partial charge in [0.05, 0.1) is 36.2 Å². The molecule has 0 bridgehead atoms. The molecule has 4 aromatic rings. The summed E-state index contributed by atoms with van der Waals surface area (Å²) in [6.07, 6.45) is 2.41. The highest BCUT2D eigenvalue weighted by Gasteiger charge is 2.39. The van der Waals surface area contributed by atoms with Gasteiger partial charge in [-0.15, -0.1) is 14.0 Å². The van der Waals surface area contributed by atoms with Gasteiger partial charge in [-0.2, -0.15) is 23.4 Å². The van der Waals surface area contributed by atoms with Crippen LogP contribution in [0, 0.1) is 0 Å². The molecule has 4 rings (SSSR count). The quantitative estimate of drug-likeness (QED) is 0.217. The molecule has 0 spiro atoms. The lowest BCUT2D eigenvalue weighted by molar-refractivity contribution is -0.0580. The van der Waals surface area contributed by atoms with Crippen LogP contribution in [-0.2, 0) is 6.42 Å². The largest absolute Gasteiger partial charge is 0.434 e. The van der Waals surface area contributed by atoms with Crippen LogP contribution in [0.4, 0.5) is 24.5 Å². The summed E-state index contributed by atoms with van der Waals surface area (Å²) in [4.78, 5) is 13.9. The van der Waals surface area contributed by atoms with Gasteiger partial charge in [-0.1, -0.05) is 37.8 Å². The Balaban J connectivity index is 1.70. The molecule has 1 unspecified atom stereocenters. The molecule has 0 saturated heterocycles. The zero-order chi connectivity index (χ0) is 25.9. The van der Waals surface area contributed by atoms with Crippen LogP contribution in [0.15, 0.2) is 84.2 Å². The topological polar surface area (TPSA) is 107 Å². The van der Waals surface area contributed by atoms with Crippen LogP contribution in [-0.4, -0.2) is 36.8 Å². The molecule has 0 fully saturated rings. The lowest BCUT2D eigenvalue weighted by Crippen LogP contribution is -2.28. The first-order valence-electron chi connectivity index (χ1n) is 10.8. The predicted octanol–water partition coefficient (Wildman–Crippen LogP) is 4.38. The smallest absolute Gasteiger partial charge is 0.404 e. The van der Waals surface area contributed by atoms with Crippen LogP contribution in [0.5, 0.6) is 0 Å². The fraction of sp³-hybridized carbons (Fsp3) is 0.125. The molecule has 0 aliphatic rings. The van der Waals surface area contributed by atoms with Crippen molar-refractivity contribution in [3.8, 4) is 5.82 Å². The number of aryl methyl sites for hydroxylation is 1. The number of hydrogen-bond acceptors (Lipinski definition) is 7. The molecule has 3 heterocycles. The first-order chi connectivity index (χ1) is 17.2. The SMILES string of the molecule is C=C(Nc1cnc(-n2nccn2)c(P)c1)C(=CN)C(=Nc1cnc(CC)c2ccccc12)C(F)(F)F. The number of hydrogen-bond donors (Lipinski definition) is 2. The van der Waals surface area contributed by atoms with E-state index in [1.54, 1.807) is 24.3 Å². The Morgan fingerprint density at radius 3 is 2.47 bits per heavy atom. The minimum absolute atomic E-state index is 0.0762. The molecule has 0 radical (unpaired) electrons. The van der Waals surface area contributed by atoms with Gasteiger partial charge >= 0.3 is 6.18 Å². The van der Waals surface area contributed by atoms with Crippen molar-refractivity contribution in [3.63, 3.8) is 0 Å². The van der Waals surface area contributed by atoms with Gasteiger partial charge in [-0.3, -0.25) is 4.98 Å². The number of pyridine rings is 2. The number of nitrogens with one attached hydrogen (secondary N) is 1. The van der Waals surface area contributed by atoms with Crippen LogP contribution in [0.25, 0.3) is 16.6 Å². The molecule has 3 aromatic heterocycles. The Morgan fingerprint density at radius 1 is 1.17 bits per heavy atom. The monoisotopic (exact) mass is 510 g/mol. The number of alkyl halides is 3. The normalized spacial score (nSPS) is 12.7. The molecule has 3 N–H and O–H groups in total. The average Bonchev–Trinajstić information content (AvgIpc) is 3.38. The number of fused-ring (bicyclic) bond motifs is 1. The van der Waals surface area contributed by atoms with E-state index in [1.807, 2.05) is 13.0 Å². The summed E-state index contributed by atoms with van der Waals surface area (Å²) in [7, 11) is 2.49. The van der Waals surface area contributed by atoms with Crippen LogP contribution in [0.3, 0.4) is 0 Å². The minimum Gasteiger partial charge on any atom is -0.404 e. The second-order valence-electron chi connectivity index (χ2n) is 7.59. The lowest BCUT2D eigenvalue weighted by atomic mass is 10.1. The number of halogens is 3. The van der Waals surface area contributed by atoms with Crippen molar-refractivity contribution in [2.24, 2.45) is 10.7 Å². The highest BCUT2D eigenvalue weighted by atomic mass is 31.0. The van der Waals surface area contributed by atoms with Gasteiger partial charge in [0.25, 0.3) is 0 Å². The van der Waals surface area contributed by atoms with Gasteiger partial charge in [0.1, 0.15) is 0 Å². The van der Waals surface area contributed by atoms with Crippen molar-refractivity contribution in [3.05, 3.63) is 84.9 Å². The van der Waals surface area contributed by atoms with Crippen LogP contribution in [0.2, 0.25) is 0 Å². The molecular weight excluding hydrogens is 488 g/mol. The Labute approximate surface area is 207 Å². The van der Waals surface area contributed by atoms with E-state index in [0.717, 1.165) is 17.3 Å².